The molecule has 0 spiro atoms. The van der Waals surface area contributed by atoms with Gasteiger partial charge in [0.2, 0.25) is 0 Å². The van der Waals surface area contributed by atoms with Gasteiger partial charge in [0.25, 0.3) is 0 Å². The summed E-state index contributed by atoms with van der Waals surface area (Å²) >= 11 is 0. The fraction of sp³-hybridized carbons (Fsp3) is 0.900. The molecular formula is C10H18O2. The maximum atomic E-state index is 11.3. The van der Waals surface area contributed by atoms with Crippen molar-refractivity contribution in [1.82, 2.24) is 0 Å². The predicted molar refractivity (Wildman–Crippen MR) is 48.1 cm³/mol. The standard InChI is InChI=1S/C10H18O2/c1-8(11)10(4)6-5-9(2,3)12-7-10/h5-7H2,1-4H3. The molecule has 2 nitrogen and oxygen atoms in total. The first-order valence-corrected chi connectivity index (χ1v) is 4.51. The van der Waals surface area contributed by atoms with Crippen molar-refractivity contribution in [1.29, 1.82) is 0 Å². The lowest BCUT2D eigenvalue weighted by Crippen LogP contribution is -2.42. The summed E-state index contributed by atoms with van der Waals surface area (Å²) in [5, 5.41) is 0. The first-order valence-electron chi connectivity index (χ1n) is 4.51. The van der Waals surface area contributed by atoms with Gasteiger partial charge in [-0.3, -0.25) is 4.79 Å². The molecule has 0 saturated carbocycles. The van der Waals surface area contributed by atoms with Crippen molar-refractivity contribution in [3.63, 3.8) is 0 Å². The largest absolute Gasteiger partial charge is 0.375 e. The molecule has 0 aromatic heterocycles. The van der Waals surface area contributed by atoms with Gasteiger partial charge in [-0.1, -0.05) is 6.92 Å². The number of ketones is 1. The van der Waals surface area contributed by atoms with Crippen LogP contribution in [0.25, 0.3) is 0 Å². The maximum Gasteiger partial charge on any atom is 0.137 e. The highest BCUT2D eigenvalue weighted by Crippen LogP contribution is 2.36. The molecule has 0 radical (unpaired) electrons. The third kappa shape index (κ3) is 1.86. The van der Waals surface area contributed by atoms with Gasteiger partial charge in [0.05, 0.1) is 12.2 Å². The minimum absolute atomic E-state index is 0.0328. The van der Waals surface area contributed by atoms with Crippen LogP contribution in [0.4, 0.5) is 0 Å². The molecule has 12 heavy (non-hydrogen) atoms. The molecule has 1 unspecified atom stereocenters. The average Bonchev–Trinajstić information content (AvgIpc) is 1.96. The number of rotatable bonds is 1. The second-order valence-electron chi connectivity index (χ2n) is 4.67. The molecule has 0 aliphatic carbocycles. The number of Topliss-reactive ketones (excluding diaryl/α,β-unsaturated/α-hetero) is 1. The van der Waals surface area contributed by atoms with E-state index < -0.39 is 0 Å². The van der Waals surface area contributed by atoms with E-state index in [2.05, 4.69) is 13.8 Å². The normalized spacial score (nSPS) is 34.7. The summed E-state index contributed by atoms with van der Waals surface area (Å²) in [7, 11) is 0. The van der Waals surface area contributed by atoms with Gasteiger partial charge in [0.15, 0.2) is 0 Å². The van der Waals surface area contributed by atoms with E-state index in [-0.39, 0.29) is 16.8 Å². The van der Waals surface area contributed by atoms with Gasteiger partial charge < -0.3 is 4.74 Å². The molecule has 2 heteroatoms. The van der Waals surface area contributed by atoms with E-state index in [1.165, 1.54) is 0 Å². The summed E-state index contributed by atoms with van der Waals surface area (Å²) in [6, 6.07) is 0. The van der Waals surface area contributed by atoms with E-state index in [4.69, 9.17) is 4.74 Å². The molecule has 1 heterocycles. The van der Waals surface area contributed by atoms with Crippen LogP contribution in [0.15, 0.2) is 0 Å². The topological polar surface area (TPSA) is 26.3 Å². The fourth-order valence-electron chi connectivity index (χ4n) is 1.35. The number of carbonyl (C=O) groups excluding carboxylic acids is 1. The Morgan fingerprint density at radius 3 is 2.17 bits per heavy atom. The van der Waals surface area contributed by atoms with Crippen LogP contribution in [0.5, 0.6) is 0 Å². The minimum atomic E-state index is -0.227. The van der Waals surface area contributed by atoms with E-state index in [9.17, 15) is 4.79 Å². The van der Waals surface area contributed by atoms with Crippen molar-refractivity contribution in [3.8, 4) is 0 Å². The Morgan fingerprint density at radius 1 is 1.25 bits per heavy atom. The fourth-order valence-corrected chi connectivity index (χ4v) is 1.35. The van der Waals surface area contributed by atoms with E-state index in [1.54, 1.807) is 6.92 Å². The Morgan fingerprint density at radius 2 is 1.83 bits per heavy atom. The number of ether oxygens (including phenoxy) is 1. The van der Waals surface area contributed by atoms with Crippen LogP contribution in [-0.2, 0) is 9.53 Å². The molecule has 0 aromatic carbocycles. The molecule has 1 rings (SSSR count). The van der Waals surface area contributed by atoms with Crippen molar-refractivity contribution in [3.05, 3.63) is 0 Å². The highest BCUT2D eigenvalue weighted by Gasteiger charge is 2.38. The molecule has 0 N–H and O–H groups in total. The third-order valence-corrected chi connectivity index (χ3v) is 2.91. The van der Waals surface area contributed by atoms with Crippen molar-refractivity contribution >= 4 is 5.78 Å². The molecule has 1 saturated heterocycles. The summed E-state index contributed by atoms with van der Waals surface area (Å²) in [5.74, 6) is 0.248. The van der Waals surface area contributed by atoms with Crippen molar-refractivity contribution in [2.75, 3.05) is 6.61 Å². The van der Waals surface area contributed by atoms with E-state index >= 15 is 0 Å². The van der Waals surface area contributed by atoms with Crippen molar-refractivity contribution < 1.29 is 9.53 Å². The summed E-state index contributed by atoms with van der Waals surface area (Å²) in [6.45, 7) is 8.38. The SMILES string of the molecule is CC(=O)C1(C)CCC(C)(C)OC1. The number of carbonyl (C=O) groups is 1. The Kier molecular flexibility index (Phi) is 2.30. The zero-order valence-electron chi connectivity index (χ0n) is 8.44. The third-order valence-electron chi connectivity index (χ3n) is 2.91. The summed E-state index contributed by atoms with van der Waals surface area (Å²) in [4.78, 5) is 11.3. The smallest absolute Gasteiger partial charge is 0.137 e. The molecule has 1 aliphatic rings. The van der Waals surface area contributed by atoms with Crippen LogP contribution in [0, 0.1) is 5.41 Å². The molecule has 70 valence electrons. The number of hydrogen-bond donors (Lipinski definition) is 0. The summed E-state index contributed by atoms with van der Waals surface area (Å²) in [5.41, 5.74) is -0.259. The lowest BCUT2D eigenvalue weighted by atomic mass is 9.77. The summed E-state index contributed by atoms with van der Waals surface area (Å²) in [6.07, 6.45) is 1.93. The second-order valence-corrected chi connectivity index (χ2v) is 4.67. The molecule has 1 atom stereocenters. The van der Waals surface area contributed by atoms with Gasteiger partial charge in [-0.15, -0.1) is 0 Å². The van der Waals surface area contributed by atoms with Gasteiger partial charge in [-0.2, -0.15) is 0 Å². The Balaban J connectivity index is 2.62. The first kappa shape index (κ1) is 9.72. The first-order chi connectivity index (χ1) is 5.36. The number of hydrogen-bond acceptors (Lipinski definition) is 2. The molecular weight excluding hydrogens is 152 g/mol. The molecule has 0 aromatic rings. The Labute approximate surface area is 74.3 Å². The monoisotopic (exact) mass is 170 g/mol. The van der Waals surface area contributed by atoms with Gasteiger partial charge >= 0.3 is 0 Å². The lowest BCUT2D eigenvalue weighted by molar-refractivity contribution is -0.146. The zero-order chi connectivity index (χ0) is 9.41. The maximum absolute atomic E-state index is 11.3. The molecule has 1 fully saturated rings. The van der Waals surface area contributed by atoms with Gasteiger partial charge in [-0.05, 0) is 33.6 Å². The van der Waals surface area contributed by atoms with Crippen LogP contribution in [0.1, 0.15) is 40.5 Å². The van der Waals surface area contributed by atoms with Gasteiger partial charge in [0.1, 0.15) is 5.78 Å². The zero-order valence-corrected chi connectivity index (χ0v) is 8.44. The van der Waals surface area contributed by atoms with Crippen LogP contribution >= 0.6 is 0 Å². The Bertz CT molecular complexity index is 184. The average molecular weight is 170 g/mol. The van der Waals surface area contributed by atoms with E-state index in [0.717, 1.165) is 12.8 Å². The van der Waals surface area contributed by atoms with Crippen LogP contribution < -0.4 is 0 Å². The highest BCUT2D eigenvalue weighted by molar-refractivity contribution is 5.82. The van der Waals surface area contributed by atoms with Crippen LogP contribution in [0.2, 0.25) is 0 Å². The second kappa shape index (κ2) is 2.84. The molecule has 1 aliphatic heterocycles. The minimum Gasteiger partial charge on any atom is -0.375 e. The summed E-state index contributed by atoms with van der Waals surface area (Å²) < 4.78 is 5.62. The van der Waals surface area contributed by atoms with Gasteiger partial charge in [0, 0.05) is 5.41 Å². The lowest BCUT2D eigenvalue weighted by Gasteiger charge is -2.39. The van der Waals surface area contributed by atoms with Crippen molar-refractivity contribution in [2.45, 2.75) is 46.1 Å². The van der Waals surface area contributed by atoms with E-state index in [0.29, 0.717) is 6.61 Å². The highest BCUT2D eigenvalue weighted by atomic mass is 16.5. The Hall–Kier alpha value is -0.370. The van der Waals surface area contributed by atoms with E-state index in [1.807, 2.05) is 6.92 Å². The predicted octanol–water partition coefficient (Wildman–Crippen LogP) is 2.17. The van der Waals surface area contributed by atoms with Crippen LogP contribution in [-0.4, -0.2) is 18.0 Å². The van der Waals surface area contributed by atoms with Gasteiger partial charge in [-0.25, -0.2) is 0 Å². The molecule has 0 bridgehead atoms. The molecule has 0 amide bonds. The van der Waals surface area contributed by atoms with Crippen molar-refractivity contribution in [2.24, 2.45) is 5.41 Å². The van der Waals surface area contributed by atoms with Crippen LogP contribution in [0.3, 0.4) is 0 Å². The quantitative estimate of drug-likeness (QED) is 0.603.